The van der Waals surface area contributed by atoms with Crippen molar-refractivity contribution in [2.24, 2.45) is 0 Å². The molecule has 1 aliphatic rings. The molecule has 0 atom stereocenters. The minimum Gasteiger partial charge on any atom is -0.379 e. The maximum absolute atomic E-state index is 14.4. The van der Waals surface area contributed by atoms with E-state index in [9.17, 15) is 35.6 Å². The predicted octanol–water partition coefficient (Wildman–Crippen LogP) is 3.08. The molecule has 1 saturated heterocycles. The number of carbonyl (C=O) groups is 2. The summed E-state index contributed by atoms with van der Waals surface area (Å²) in [5.41, 5.74) is -1.87. The molecule has 0 saturated carbocycles. The maximum Gasteiger partial charge on any atom is 0.416 e. The standard InChI is InChI=1S/C20H19F4N3O5S/c1-12(28)25-16-5-3-14(20(22,23)24)11-17(16)26-19(29)13-2-4-15(21)18(10-13)33(30,31)27-6-8-32-9-7-27/h2-5,10-11H,6-9H2,1H3,(H,25,28)(H,26,29). The summed E-state index contributed by atoms with van der Waals surface area (Å²) < 4.78 is 85.4. The Morgan fingerprint density at radius 2 is 1.67 bits per heavy atom. The topological polar surface area (TPSA) is 105 Å². The van der Waals surface area contributed by atoms with Crippen molar-refractivity contribution in [1.29, 1.82) is 0 Å². The van der Waals surface area contributed by atoms with Gasteiger partial charge in [0.1, 0.15) is 10.7 Å². The third-order valence-corrected chi connectivity index (χ3v) is 6.60. The molecule has 178 valence electrons. The van der Waals surface area contributed by atoms with Crippen molar-refractivity contribution >= 4 is 33.2 Å². The van der Waals surface area contributed by atoms with Crippen molar-refractivity contribution in [3.05, 3.63) is 53.3 Å². The summed E-state index contributed by atoms with van der Waals surface area (Å²) in [5.74, 6) is -2.68. The number of nitrogens with zero attached hydrogens (tertiary/aromatic N) is 1. The highest BCUT2D eigenvalue weighted by Crippen LogP contribution is 2.34. The number of hydrogen-bond donors (Lipinski definition) is 2. The van der Waals surface area contributed by atoms with Crippen LogP contribution in [0.25, 0.3) is 0 Å². The van der Waals surface area contributed by atoms with Crippen molar-refractivity contribution in [1.82, 2.24) is 4.31 Å². The largest absolute Gasteiger partial charge is 0.416 e. The van der Waals surface area contributed by atoms with E-state index < -0.39 is 44.3 Å². The van der Waals surface area contributed by atoms with E-state index >= 15 is 0 Å². The molecule has 1 aliphatic heterocycles. The molecule has 0 radical (unpaired) electrons. The third-order valence-electron chi connectivity index (χ3n) is 4.69. The summed E-state index contributed by atoms with van der Waals surface area (Å²) in [6.45, 7) is 1.39. The highest BCUT2D eigenvalue weighted by Gasteiger charge is 2.32. The van der Waals surface area contributed by atoms with Gasteiger partial charge >= 0.3 is 6.18 Å². The van der Waals surface area contributed by atoms with Crippen molar-refractivity contribution < 1.29 is 40.3 Å². The van der Waals surface area contributed by atoms with Crippen LogP contribution in [0.2, 0.25) is 0 Å². The molecule has 1 heterocycles. The number of halogens is 4. The zero-order chi connectivity index (χ0) is 24.4. The van der Waals surface area contributed by atoms with E-state index in [2.05, 4.69) is 10.6 Å². The second kappa shape index (κ2) is 9.45. The first-order valence-corrected chi connectivity index (χ1v) is 11.0. The molecule has 0 bridgehead atoms. The fourth-order valence-electron chi connectivity index (χ4n) is 3.09. The summed E-state index contributed by atoms with van der Waals surface area (Å²) in [7, 11) is -4.28. The highest BCUT2D eigenvalue weighted by atomic mass is 32.2. The molecule has 1 fully saturated rings. The lowest BCUT2D eigenvalue weighted by Crippen LogP contribution is -2.41. The number of anilines is 2. The first kappa shape index (κ1) is 24.6. The lowest BCUT2D eigenvalue weighted by atomic mass is 10.1. The van der Waals surface area contributed by atoms with Gasteiger partial charge in [0.15, 0.2) is 0 Å². The van der Waals surface area contributed by atoms with Crippen LogP contribution in [0, 0.1) is 5.82 Å². The number of rotatable bonds is 5. The van der Waals surface area contributed by atoms with E-state index in [4.69, 9.17) is 4.74 Å². The van der Waals surface area contributed by atoms with Gasteiger partial charge in [-0.05, 0) is 36.4 Å². The Balaban J connectivity index is 1.95. The van der Waals surface area contributed by atoms with Gasteiger partial charge in [-0.25, -0.2) is 12.8 Å². The maximum atomic E-state index is 14.4. The number of nitrogens with one attached hydrogen (secondary N) is 2. The minimum atomic E-state index is -4.72. The third kappa shape index (κ3) is 5.67. The molecule has 0 spiro atoms. The van der Waals surface area contributed by atoms with E-state index in [1.54, 1.807) is 0 Å². The van der Waals surface area contributed by atoms with Crippen LogP contribution in [-0.2, 0) is 25.7 Å². The Hall–Kier alpha value is -3.03. The second-order valence-corrected chi connectivity index (χ2v) is 8.96. The number of ether oxygens (including phenoxy) is 1. The average Bonchev–Trinajstić information content (AvgIpc) is 2.74. The van der Waals surface area contributed by atoms with E-state index in [-0.39, 0.29) is 43.2 Å². The normalized spacial score (nSPS) is 15.2. The number of sulfonamides is 1. The SMILES string of the molecule is CC(=O)Nc1ccc(C(F)(F)F)cc1NC(=O)c1ccc(F)c(S(=O)(=O)N2CCOCC2)c1. The van der Waals surface area contributed by atoms with Crippen LogP contribution in [0.1, 0.15) is 22.8 Å². The van der Waals surface area contributed by atoms with Crippen LogP contribution in [0.5, 0.6) is 0 Å². The van der Waals surface area contributed by atoms with Crippen molar-refractivity contribution in [2.75, 3.05) is 36.9 Å². The summed E-state index contributed by atoms with van der Waals surface area (Å²) in [5, 5.41) is 4.52. The van der Waals surface area contributed by atoms with Crippen LogP contribution >= 0.6 is 0 Å². The molecule has 0 unspecified atom stereocenters. The van der Waals surface area contributed by atoms with E-state index in [0.29, 0.717) is 6.07 Å². The lowest BCUT2D eigenvalue weighted by molar-refractivity contribution is -0.137. The monoisotopic (exact) mass is 489 g/mol. The lowest BCUT2D eigenvalue weighted by Gasteiger charge is -2.26. The number of alkyl halides is 3. The second-order valence-electron chi connectivity index (χ2n) is 7.06. The zero-order valence-corrected chi connectivity index (χ0v) is 18.0. The Kier molecular flexibility index (Phi) is 7.05. The summed E-state index contributed by atoms with van der Waals surface area (Å²) >= 11 is 0. The Bertz CT molecular complexity index is 1180. The van der Waals surface area contributed by atoms with Crippen molar-refractivity contribution in [2.45, 2.75) is 18.0 Å². The van der Waals surface area contributed by atoms with Gasteiger partial charge in [-0.1, -0.05) is 0 Å². The highest BCUT2D eigenvalue weighted by molar-refractivity contribution is 7.89. The van der Waals surface area contributed by atoms with Gasteiger partial charge in [0.2, 0.25) is 15.9 Å². The molecule has 0 aromatic heterocycles. The molecule has 13 heteroatoms. The number of hydrogen-bond acceptors (Lipinski definition) is 5. The van der Waals surface area contributed by atoms with E-state index in [0.717, 1.165) is 41.6 Å². The Labute approximate surface area is 186 Å². The molecule has 2 aromatic carbocycles. The molecule has 0 aliphatic carbocycles. The van der Waals surface area contributed by atoms with Crippen LogP contribution in [-0.4, -0.2) is 50.8 Å². The van der Waals surface area contributed by atoms with Gasteiger partial charge < -0.3 is 15.4 Å². The smallest absolute Gasteiger partial charge is 0.379 e. The van der Waals surface area contributed by atoms with Gasteiger partial charge in [0, 0.05) is 25.6 Å². The molecule has 3 rings (SSSR count). The van der Waals surface area contributed by atoms with Gasteiger partial charge in [-0.15, -0.1) is 0 Å². The molecule has 2 aromatic rings. The number of amides is 2. The van der Waals surface area contributed by atoms with E-state index in [1.165, 1.54) is 0 Å². The Morgan fingerprint density at radius 3 is 2.27 bits per heavy atom. The first-order valence-electron chi connectivity index (χ1n) is 9.57. The average molecular weight is 489 g/mol. The van der Waals surface area contributed by atoms with Gasteiger partial charge in [-0.3, -0.25) is 9.59 Å². The fourth-order valence-corrected chi connectivity index (χ4v) is 4.58. The van der Waals surface area contributed by atoms with Crippen LogP contribution in [0.3, 0.4) is 0 Å². The fraction of sp³-hybridized carbons (Fsp3) is 0.300. The van der Waals surface area contributed by atoms with E-state index in [1.807, 2.05) is 0 Å². The minimum absolute atomic E-state index is 0.00249. The number of benzene rings is 2. The molecular weight excluding hydrogens is 470 g/mol. The molecule has 2 N–H and O–H groups in total. The Morgan fingerprint density at radius 1 is 1.00 bits per heavy atom. The number of carbonyl (C=O) groups excluding carboxylic acids is 2. The quantitative estimate of drug-likeness (QED) is 0.629. The van der Waals surface area contributed by atoms with Gasteiger partial charge in [0.05, 0.1) is 30.2 Å². The van der Waals surface area contributed by atoms with Gasteiger partial charge in [0.25, 0.3) is 5.91 Å². The number of morpholine rings is 1. The summed E-state index contributed by atoms with van der Waals surface area (Å²) in [6, 6.07) is 4.90. The van der Waals surface area contributed by atoms with Crippen LogP contribution in [0.4, 0.5) is 28.9 Å². The molecule has 8 nitrogen and oxygen atoms in total. The predicted molar refractivity (Wildman–Crippen MR) is 110 cm³/mol. The van der Waals surface area contributed by atoms with Crippen LogP contribution < -0.4 is 10.6 Å². The van der Waals surface area contributed by atoms with Crippen LogP contribution in [0.15, 0.2) is 41.3 Å². The van der Waals surface area contributed by atoms with Gasteiger partial charge in [-0.2, -0.15) is 17.5 Å². The molecule has 2 amide bonds. The molecule has 33 heavy (non-hydrogen) atoms. The van der Waals surface area contributed by atoms with Crippen molar-refractivity contribution in [3.8, 4) is 0 Å². The van der Waals surface area contributed by atoms with Crippen molar-refractivity contribution in [3.63, 3.8) is 0 Å². The molecular formula is C20H19F4N3O5S. The summed E-state index contributed by atoms with van der Waals surface area (Å²) in [4.78, 5) is 23.4. The first-order chi connectivity index (χ1) is 15.4. The zero-order valence-electron chi connectivity index (χ0n) is 17.2. The summed E-state index contributed by atoms with van der Waals surface area (Å²) in [6.07, 6.45) is -4.72.